The number of nitrogens with one attached hydrogen (secondary N) is 1. The zero-order valence-electron chi connectivity index (χ0n) is 8.99. The zero-order chi connectivity index (χ0) is 12.0. The van der Waals surface area contributed by atoms with Crippen molar-refractivity contribution in [3.63, 3.8) is 0 Å². The largest absolute Gasteiger partial charge is 0.396 e. The lowest BCUT2D eigenvalue weighted by molar-refractivity contribution is 0.322. The molecule has 6 heteroatoms. The molecule has 1 aromatic rings. The molecule has 86 valence electrons. The van der Waals surface area contributed by atoms with E-state index in [4.69, 9.17) is 10.4 Å². The van der Waals surface area contributed by atoms with E-state index in [-0.39, 0.29) is 12.2 Å². The van der Waals surface area contributed by atoms with Gasteiger partial charge in [-0.2, -0.15) is 5.26 Å². The number of thioether (sulfide) groups is 1. The van der Waals surface area contributed by atoms with Crippen LogP contribution in [0, 0.1) is 11.3 Å². The lowest BCUT2D eigenvalue weighted by Crippen LogP contribution is -2.16. The first kappa shape index (κ1) is 12.7. The van der Waals surface area contributed by atoms with E-state index in [2.05, 4.69) is 9.97 Å². The Morgan fingerprint density at radius 3 is 2.94 bits per heavy atom. The number of nitrogens with zero attached hydrogens (tertiary/aromatic N) is 2. The van der Waals surface area contributed by atoms with Crippen LogP contribution in [0.3, 0.4) is 0 Å². The number of hydrogen-bond acceptors (Lipinski definition) is 5. The maximum atomic E-state index is 11.5. The van der Waals surface area contributed by atoms with Crippen LogP contribution < -0.4 is 5.56 Å². The van der Waals surface area contributed by atoms with Crippen molar-refractivity contribution in [2.75, 3.05) is 12.4 Å². The van der Waals surface area contributed by atoms with Gasteiger partial charge in [-0.05, 0) is 6.42 Å². The Bertz CT molecular complexity index is 450. The molecule has 0 aromatic carbocycles. The normalized spacial score (nSPS) is 10.1. The summed E-state index contributed by atoms with van der Waals surface area (Å²) in [4.78, 5) is 18.3. The van der Waals surface area contributed by atoms with Crippen molar-refractivity contribution in [2.24, 2.45) is 0 Å². The second kappa shape index (κ2) is 6.30. The first-order valence-electron chi connectivity index (χ1n) is 4.99. The van der Waals surface area contributed by atoms with E-state index in [0.717, 1.165) is 6.42 Å². The molecular weight excluding hydrogens is 226 g/mol. The van der Waals surface area contributed by atoms with Crippen LogP contribution in [0.1, 0.15) is 24.6 Å². The van der Waals surface area contributed by atoms with Crippen LogP contribution in [0.4, 0.5) is 0 Å². The first-order valence-corrected chi connectivity index (χ1v) is 5.98. The van der Waals surface area contributed by atoms with E-state index in [1.807, 2.05) is 13.0 Å². The van der Waals surface area contributed by atoms with E-state index in [1.165, 1.54) is 11.8 Å². The Kier molecular flexibility index (Phi) is 5.02. The van der Waals surface area contributed by atoms with Gasteiger partial charge in [0.05, 0.1) is 12.3 Å². The highest BCUT2D eigenvalue weighted by Crippen LogP contribution is 2.12. The van der Waals surface area contributed by atoms with Crippen LogP contribution in [0.15, 0.2) is 9.95 Å². The van der Waals surface area contributed by atoms with Gasteiger partial charge in [-0.1, -0.05) is 25.1 Å². The minimum absolute atomic E-state index is 0.0253. The molecule has 1 rings (SSSR count). The molecule has 2 N–H and O–H groups in total. The Morgan fingerprint density at radius 1 is 1.62 bits per heavy atom. The maximum absolute atomic E-state index is 11.5. The summed E-state index contributed by atoms with van der Waals surface area (Å²) in [7, 11) is 0. The molecule has 0 aliphatic rings. The molecule has 0 aliphatic carbocycles. The van der Waals surface area contributed by atoms with E-state index in [0.29, 0.717) is 23.0 Å². The fourth-order valence-corrected chi connectivity index (χ4v) is 1.87. The van der Waals surface area contributed by atoms with Crippen molar-refractivity contribution < 1.29 is 5.11 Å². The SMILES string of the molecule is CCCc1nc(SCCO)[nH]c(=O)c1C#N. The number of aliphatic hydroxyl groups is 1. The number of aromatic nitrogens is 2. The van der Waals surface area contributed by atoms with Crippen molar-refractivity contribution in [1.29, 1.82) is 5.26 Å². The minimum atomic E-state index is -0.401. The number of rotatable bonds is 5. The van der Waals surface area contributed by atoms with Gasteiger partial charge in [-0.3, -0.25) is 4.79 Å². The van der Waals surface area contributed by atoms with Crippen molar-refractivity contribution in [1.82, 2.24) is 9.97 Å². The Balaban J connectivity index is 3.08. The third-order valence-corrected chi connectivity index (χ3v) is 2.75. The number of H-pyrrole nitrogens is 1. The summed E-state index contributed by atoms with van der Waals surface area (Å²) in [6.07, 6.45) is 1.44. The van der Waals surface area contributed by atoms with Gasteiger partial charge in [0.25, 0.3) is 5.56 Å². The summed E-state index contributed by atoms with van der Waals surface area (Å²) >= 11 is 1.27. The molecule has 0 unspecified atom stereocenters. The highest BCUT2D eigenvalue weighted by molar-refractivity contribution is 7.99. The van der Waals surface area contributed by atoms with Gasteiger partial charge in [0, 0.05) is 5.75 Å². The second-order valence-corrected chi connectivity index (χ2v) is 4.21. The molecule has 0 saturated carbocycles. The van der Waals surface area contributed by atoms with Crippen LogP contribution in [0.2, 0.25) is 0 Å². The van der Waals surface area contributed by atoms with Gasteiger partial charge in [-0.25, -0.2) is 4.98 Å². The smallest absolute Gasteiger partial charge is 0.269 e. The van der Waals surface area contributed by atoms with Gasteiger partial charge < -0.3 is 10.1 Å². The number of hydrogen-bond donors (Lipinski definition) is 2. The topological polar surface area (TPSA) is 89.8 Å². The van der Waals surface area contributed by atoms with Crippen LogP contribution in [-0.4, -0.2) is 27.4 Å². The Morgan fingerprint density at radius 2 is 2.38 bits per heavy atom. The van der Waals surface area contributed by atoms with E-state index < -0.39 is 5.56 Å². The molecule has 5 nitrogen and oxygen atoms in total. The molecule has 0 amide bonds. The lowest BCUT2D eigenvalue weighted by Gasteiger charge is -2.04. The summed E-state index contributed by atoms with van der Waals surface area (Å²) in [6, 6.07) is 1.87. The van der Waals surface area contributed by atoms with Gasteiger partial charge in [-0.15, -0.1) is 0 Å². The van der Waals surface area contributed by atoms with Crippen molar-refractivity contribution in [3.8, 4) is 6.07 Å². The molecule has 0 atom stereocenters. The van der Waals surface area contributed by atoms with E-state index in [9.17, 15) is 4.79 Å². The summed E-state index contributed by atoms with van der Waals surface area (Å²) in [6.45, 7) is 1.99. The molecule has 1 aromatic heterocycles. The summed E-state index contributed by atoms with van der Waals surface area (Å²) in [5.74, 6) is 0.473. The average molecular weight is 239 g/mol. The molecular formula is C10H13N3O2S. The number of nitriles is 1. The maximum Gasteiger partial charge on any atom is 0.269 e. The lowest BCUT2D eigenvalue weighted by atomic mass is 10.1. The summed E-state index contributed by atoms with van der Waals surface area (Å²) < 4.78 is 0. The predicted octanol–water partition coefficient (Wildman–Crippen LogP) is 0.678. The van der Waals surface area contributed by atoms with Gasteiger partial charge in [0.15, 0.2) is 5.16 Å². The molecule has 1 heterocycles. The Hall–Kier alpha value is -1.32. The van der Waals surface area contributed by atoms with Crippen molar-refractivity contribution in [2.45, 2.75) is 24.9 Å². The number of aliphatic hydroxyl groups excluding tert-OH is 1. The highest BCUT2D eigenvalue weighted by Gasteiger charge is 2.10. The van der Waals surface area contributed by atoms with Gasteiger partial charge in [0.2, 0.25) is 0 Å². The third-order valence-electron chi connectivity index (χ3n) is 1.90. The van der Waals surface area contributed by atoms with Gasteiger partial charge >= 0.3 is 0 Å². The first-order chi connectivity index (χ1) is 7.72. The molecule has 0 radical (unpaired) electrons. The Labute approximate surface area is 97.5 Å². The second-order valence-electron chi connectivity index (χ2n) is 3.13. The summed E-state index contributed by atoms with van der Waals surface area (Å²) in [5.41, 5.74) is 0.228. The fourth-order valence-electron chi connectivity index (χ4n) is 1.24. The molecule has 16 heavy (non-hydrogen) atoms. The average Bonchev–Trinajstić information content (AvgIpc) is 2.26. The van der Waals surface area contributed by atoms with E-state index in [1.54, 1.807) is 0 Å². The van der Waals surface area contributed by atoms with E-state index >= 15 is 0 Å². The summed E-state index contributed by atoms with van der Waals surface area (Å²) in [5, 5.41) is 18.0. The van der Waals surface area contributed by atoms with Crippen LogP contribution in [0.5, 0.6) is 0 Å². The molecule has 0 bridgehead atoms. The number of aryl methyl sites for hydroxylation is 1. The highest BCUT2D eigenvalue weighted by atomic mass is 32.2. The molecule has 0 aliphatic heterocycles. The van der Waals surface area contributed by atoms with Gasteiger partial charge in [0.1, 0.15) is 11.6 Å². The van der Waals surface area contributed by atoms with Crippen molar-refractivity contribution in [3.05, 3.63) is 21.6 Å². The quantitative estimate of drug-likeness (QED) is 0.582. The predicted molar refractivity (Wildman–Crippen MR) is 61.4 cm³/mol. The van der Waals surface area contributed by atoms with Crippen LogP contribution >= 0.6 is 11.8 Å². The fraction of sp³-hybridized carbons (Fsp3) is 0.500. The van der Waals surface area contributed by atoms with Crippen molar-refractivity contribution >= 4 is 11.8 Å². The third kappa shape index (κ3) is 3.08. The standard InChI is InChI=1S/C10H13N3O2S/c1-2-3-8-7(6-11)9(15)13-10(12-8)16-5-4-14/h14H,2-5H2,1H3,(H,12,13,15). The monoisotopic (exact) mass is 239 g/mol. The molecule has 0 spiro atoms. The van der Waals surface area contributed by atoms with Crippen LogP contribution in [0.25, 0.3) is 0 Å². The van der Waals surface area contributed by atoms with Crippen LogP contribution in [-0.2, 0) is 6.42 Å². The number of aromatic amines is 1. The molecule has 0 fully saturated rings. The molecule has 0 saturated heterocycles. The zero-order valence-corrected chi connectivity index (χ0v) is 9.80. The minimum Gasteiger partial charge on any atom is -0.396 e.